The van der Waals surface area contributed by atoms with Gasteiger partial charge in [0.1, 0.15) is 11.6 Å². The van der Waals surface area contributed by atoms with Crippen LogP contribution in [0.25, 0.3) is 0 Å². The molecule has 0 unspecified atom stereocenters. The number of benzene rings is 2. The molecule has 2 aliphatic rings. The molecule has 1 aromatic heterocycles. The predicted octanol–water partition coefficient (Wildman–Crippen LogP) is 4.07. The number of para-hydroxylation sites is 1. The van der Waals surface area contributed by atoms with E-state index in [2.05, 4.69) is 10.5 Å². The fraction of sp³-hybridized carbons (Fsp3) is 0.296. The number of hydrogen-bond acceptors (Lipinski definition) is 7. The zero-order chi connectivity index (χ0) is 26.8. The van der Waals surface area contributed by atoms with Crippen LogP contribution in [-0.2, 0) is 6.42 Å². The number of furan rings is 1. The second kappa shape index (κ2) is 10.4. The van der Waals surface area contributed by atoms with Gasteiger partial charge in [-0.1, -0.05) is 18.2 Å². The molecule has 2 heterocycles. The summed E-state index contributed by atoms with van der Waals surface area (Å²) >= 11 is 0. The monoisotopic (exact) mass is 519 g/mol. The Hall–Kier alpha value is -4.54. The molecule has 1 saturated heterocycles. The van der Waals surface area contributed by atoms with Gasteiger partial charge in [-0.05, 0) is 38.0 Å². The number of piperazine rings is 1. The first-order chi connectivity index (χ1) is 18.3. The van der Waals surface area contributed by atoms with E-state index in [9.17, 15) is 24.1 Å². The quantitative estimate of drug-likeness (QED) is 0.401. The number of carbonyl (C=O) groups excluding carboxylic acids is 2. The zero-order valence-corrected chi connectivity index (χ0v) is 20.8. The molecule has 2 aromatic carbocycles. The van der Waals surface area contributed by atoms with Crippen LogP contribution in [0.3, 0.4) is 0 Å². The molecule has 0 radical (unpaired) electrons. The molecule has 0 spiro atoms. The van der Waals surface area contributed by atoms with Crippen molar-refractivity contribution in [2.75, 3.05) is 31.1 Å². The van der Waals surface area contributed by atoms with Crippen LogP contribution in [-0.4, -0.2) is 53.5 Å². The van der Waals surface area contributed by atoms with Crippen molar-refractivity contribution >= 4 is 28.9 Å². The summed E-state index contributed by atoms with van der Waals surface area (Å²) in [4.78, 5) is 40.0. The highest BCUT2D eigenvalue weighted by Gasteiger charge is 2.32. The Kier molecular flexibility index (Phi) is 6.91. The summed E-state index contributed by atoms with van der Waals surface area (Å²) < 4.78 is 20.2. The maximum Gasteiger partial charge on any atom is 0.289 e. The maximum absolute atomic E-state index is 14.2. The lowest BCUT2D eigenvalue weighted by Crippen LogP contribution is -2.49. The van der Waals surface area contributed by atoms with Gasteiger partial charge in [0.15, 0.2) is 5.76 Å². The molecule has 0 saturated carbocycles. The highest BCUT2D eigenvalue weighted by molar-refractivity contribution is 6.07. The molecule has 1 aliphatic carbocycles. The first-order valence-electron chi connectivity index (χ1n) is 12.4. The van der Waals surface area contributed by atoms with Gasteiger partial charge in [0.25, 0.3) is 17.5 Å². The van der Waals surface area contributed by atoms with Crippen molar-refractivity contribution in [3.63, 3.8) is 0 Å². The van der Waals surface area contributed by atoms with Gasteiger partial charge in [0, 0.05) is 61.4 Å². The van der Waals surface area contributed by atoms with Crippen LogP contribution in [0.5, 0.6) is 0 Å². The summed E-state index contributed by atoms with van der Waals surface area (Å²) in [5.74, 6) is -0.200. The van der Waals surface area contributed by atoms with E-state index in [4.69, 9.17) is 4.42 Å². The van der Waals surface area contributed by atoms with E-state index in [1.165, 1.54) is 30.3 Å². The lowest BCUT2D eigenvalue weighted by Gasteiger charge is -2.35. The molecule has 5 rings (SSSR count). The molecule has 10 nitrogen and oxygen atoms in total. The molecular formula is C27H26FN5O5. The second-order valence-electron chi connectivity index (χ2n) is 9.25. The number of amides is 2. The highest BCUT2D eigenvalue weighted by Crippen LogP contribution is 2.31. The number of nitrogens with zero attached hydrogens (tertiary/aromatic N) is 4. The number of non-ortho nitro benzene ring substituents is 1. The predicted molar refractivity (Wildman–Crippen MR) is 138 cm³/mol. The lowest BCUT2D eigenvalue weighted by atomic mass is 9.93. The topological polar surface area (TPSA) is 121 Å². The van der Waals surface area contributed by atoms with Crippen LogP contribution < -0.4 is 10.3 Å². The van der Waals surface area contributed by atoms with Crippen LogP contribution in [0.1, 0.15) is 50.6 Å². The number of rotatable bonds is 5. The minimum absolute atomic E-state index is 0.119. The average Bonchev–Trinajstić information content (AvgIpc) is 3.28. The van der Waals surface area contributed by atoms with E-state index in [1.807, 2.05) is 4.90 Å². The number of nitro benzene ring substituents is 1. The van der Waals surface area contributed by atoms with E-state index in [-0.39, 0.29) is 28.7 Å². The number of fused-ring (bicyclic) bond motifs is 1. The largest absolute Gasteiger partial charge is 0.455 e. The first-order valence-corrected chi connectivity index (χ1v) is 12.4. The number of anilines is 1. The van der Waals surface area contributed by atoms with E-state index < -0.39 is 10.8 Å². The van der Waals surface area contributed by atoms with Crippen LogP contribution >= 0.6 is 0 Å². The molecule has 1 aliphatic heterocycles. The summed E-state index contributed by atoms with van der Waals surface area (Å²) in [6, 6.07) is 12.0. The standard InChI is InChI=1S/C27H26FN5O5/c1-17-24-21(29-30-26(34)18-6-4-7-19(16-18)33(36)37)9-5-11-23(24)38-25(17)27(35)32-14-12-31(13-15-32)22-10-3-2-8-20(22)28/h2-4,6-8,10,16H,5,9,11-15H2,1H3,(H,30,34)/b29-21+. The van der Waals surface area contributed by atoms with E-state index in [1.54, 1.807) is 30.0 Å². The third kappa shape index (κ3) is 4.86. The number of aryl methyl sites for hydroxylation is 1. The van der Waals surface area contributed by atoms with Gasteiger partial charge in [0.2, 0.25) is 0 Å². The van der Waals surface area contributed by atoms with Gasteiger partial charge in [-0.2, -0.15) is 5.10 Å². The Labute approximate surface area is 217 Å². The molecule has 11 heteroatoms. The fourth-order valence-corrected chi connectivity index (χ4v) is 4.93. The normalized spacial score (nSPS) is 16.3. The Bertz CT molecular complexity index is 1440. The van der Waals surface area contributed by atoms with Gasteiger partial charge in [-0.15, -0.1) is 0 Å². The highest BCUT2D eigenvalue weighted by atomic mass is 19.1. The van der Waals surface area contributed by atoms with Gasteiger partial charge in [-0.25, -0.2) is 9.82 Å². The Morgan fingerprint density at radius 3 is 2.58 bits per heavy atom. The summed E-state index contributed by atoms with van der Waals surface area (Å²) in [6.45, 7) is 3.66. The Morgan fingerprint density at radius 2 is 1.84 bits per heavy atom. The minimum Gasteiger partial charge on any atom is -0.455 e. The van der Waals surface area contributed by atoms with E-state index in [0.717, 1.165) is 6.42 Å². The van der Waals surface area contributed by atoms with E-state index >= 15 is 0 Å². The SMILES string of the molecule is Cc1c(C(=O)N2CCN(c3ccccc3F)CC2)oc2c1/C(=N/NC(=O)c1cccc([N+](=O)[O-])c1)CCC2. The van der Waals surface area contributed by atoms with Crippen molar-refractivity contribution in [3.05, 3.63) is 92.7 Å². The minimum atomic E-state index is -0.571. The number of halogens is 1. The van der Waals surface area contributed by atoms with Gasteiger partial charge < -0.3 is 14.2 Å². The van der Waals surface area contributed by atoms with Crippen molar-refractivity contribution in [2.45, 2.75) is 26.2 Å². The number of hydrazone groups is 1. The first kappa shape index (κ1) is 25.1. The summed E-state index contributed by atoms with van der Waals surface area (Å²) in [5.41, 5.74) is 4.90. The second-order valence-corrected chi connectivity index (χ2v) is 9.25. The molecule has 38 heavy (non-hydrogen) atoms. The number of hydrogen-bond donors (Lipinski definition) is 1. The Balaban J connectivity index is 1.30. The summed E-state index contributed by atoms with van der Waals surface area (Å²) in [7, 11) is 0. The Morgan fingerprint density at radius 1 is 1.08 bits per heavy atom. The number of carbonyl (C=O) groups is 2. The van der Waals surface area contributed by atoms with Gasteiger partial charge in [0.05, 0.1) is 16.3 Å². The molecule has 196 valence electrons. The molecule has 0 bridgehead atoms. The fourth-order valence-electron chi connectivity index (χ4n) is 4.93. The molecule has 0 atom stereocenters. The summed E-state index contributed by atoms with van der Waals surface area (Å²) in [6.07, 6.45) is 1.96. The van der Waals surface area contributed by atoms with E-state index in [0.29, 0.717) is 67.3 Å². The zero-order valence-electron chi connectivity index (χ0n) is 20.8. The number of nitrogens with one attached hydrogen (secondary N) is 1. The van der Waals surface area contributed by atoms with Crippen molar-refractivity contribution in [3.8, 4) is 0 Å². The third-order valence-corrected chi connectivity index (χ3v) is 6.89. The van der Waals surface area contributed by atoms with Crippen molar-refractivity contribution < 1.29 is 23.3 Å². The third-order valence-electron chi connectivity index (χ3n) is 6.89. The summed E-state index contributed by atoms with van der Waals surface area (Å²) in [5, 5.41) is 15.3. The molecule has 3 aromatic rings. The smallest absolute Gasteiger partial charge is 0.289 e. The molecular weight excluding hydrogens is 493 g/mol. The van der Waals surface area contributed by atoms with Crippen LogP contribution in [0.4, 0.5) is 15.8 Å². The number of nitro groups is 1. The molecule has 1 N–H and O–H groups in total. The lowest BCUT2D eigenvalue weighted by molar-refractivity contribution is -0.384. The van der Waals surface area contributed by atoms with Crippen LogP contribution in [0.15, 0.2) is 58.0 Å². The van der Waals surface area contributed by atoms with Gasteiger partial charge >= 0.3 is 0 Å². The van der Waals surface area contributed by atoms with Crippen LogP contribution in [0, 0.1) is 22.9 Å². The van der Waals surface area contributed by atoms with Crippen LogP contribution in [0.2, 0.25) is 0 Å². The molecule has 2 amide bonds. The molecule has 1 fully saturated rings. The maximum atomic E-state index is 14.2. The van der Waals surface area contributed by atoms with Gasteiger partial charge in [-0.3, -0.25) is 19.7 Å². The van der Waals surface area contributed by atoms with Crippen molar-refractivity contribution in [1.82, 2.24) is 10.3 Å². The average molecular weight is 520 g/mol. The van der Waals surface area contributed by atoms with Crippen molar-refractivity contribution in [1.29, 1.82) is 0 Å². The van der Waals surface area contributed by atoms with Crippen molar-refractivity contribution in [2.24, 2.45) is 5.10 Å².